The molecule has 0 bridgehead atoms. The van der Waals surface area contributed by atoms with Crippen molar-refractivity contribution in [3.8, 4) is 5.75 Å². The van der Waals surface area contributed by atoms with Crippen molar-refractivity contribution >= 4 is 39.0 Å². The highest BCUT2D eigenvalue weighted by Crippen LogP contribution is 2.33. The van der Waals surface area contributed by atoms with Gasteiger partial charge in [-0.2, -0.15) is 0 Å². The van der Waals surface area contributed by atoms with Crippen LogP contribution in [0.1, 0.15) is 23.6 Å². The molecule has 2 N–H and O–H groups in total. The number of hydrogen-bond donors (Lipinski definition) is 2. The zero-order valence-corrected chi connectivity index (χ0v) is 18.0. The van der Waals surface area contributed by atoms with E-state index in [1.54, 1.807) is 20.4 Å². The van der Waals surface area contributed by atoms with Gasteiger partial charge >= 0.3 is 0 Å². The van der Waals surface area contributed by atoms with E-state index in [-0.39, 0.29) is 17.3 Å². The number of hydrogen-bond acceptors (Lipinski definition) is 6. The number of halogens is 2. The van der Waals surface area contributed by atoms with Crippen molar-refractivity contribution in [1.82, 2.24) is 9.97 Å². The molecule has 0 spiro atoms. The number of anilines is 2. The predicted molar refractivity (Wildman–Crippen MR) is 109 cm³/mol. The molecule has 0 aliphatic rings. The van der Waals surface area contributed by atoms with Crippen molar-refractivity contribution in [2.75, 3.05) is 33.3 Å². The number of H-pyrrole nitrogens is 1. The Labute approximate surface area is 171 Å². The minimum absolute atomic E-state index is 0.136. The molecule has 148 valence electrons. The number of aromatic nitrogens is 2. The molecule has 9 heteroatoms. The highest BCUT2D eigenvalue weighted by Gasteiger charge is 2.20. The second-order valence-electron chi connectivity index (χ2n) is 5.96. The fourth-order valence-corrected chi connectivity index (χ4v) is 3.43. The highest BCUT2D eigenvalue weighted by molar-refractivity contribution is 9.10. The van der Waals surface area contributed by atoms with Gasteiger partial charge in [-0.05, 0) is 31.0 Å². The summed E-state index contributed by atoms with van der Waals surface area (Å²) in [5, 5.41) is 3.09. The molecule has 0 radical (unpaired) electrons. The van der Waals surface area contributed by atoms with Gasteiger partial charge in [-0.15, -0.1) is 0 Å². The Morgan fingerprint density at radius 3 is 2.70 bits per heavy atom. The SMILES string of the molecule is COCC(CC(Cl)OC)c1c[nH]c(=O)c(Nc2c(C)cc(Br)cc2OC)n1. The van der Waals surface area contributed by atoms with Crippen molar-refractivity contribution in [3.05, 3.63) is 44.4 Å². The van der Waals surface area contributed by atoms with Gasteiger partial charge in [0, 0.05) is 30.8 Å². The van der Waals surface area contributed by atoms with E-state index in [1.807, 2.05) is 19.1 Å². The quantitative estimate of drug-likeness (QED) is 0.552. The Morgan fingerprint density at radius 2 is 2.07 bits per heavy atom. The first-order valence-corrected chi connectivity index (χ1v) is 9.49. The van der Waals surface area contributed by atoms with E-state index < -0.39 is 5.56 Å². The molecule has 0 saturated carbocycles. The van der Waals surface area contributed by atoms with Gasteiger partial charge in [-0.3, -0.25) is 4.79 Å². The minimum Gasteiger partial charge on any atom is -0.495 e. The van der Waals surface area contributed by atoms with Gasteiger partial charge in [0.05, 0.1) is 25.1 Å². The average molecular weight is 461 g/mol. The van der Waals surface area contributed by atoms with Gasteiger partial charge in [0.2, 0.25) is 0 Å². The van der Waals surface area contributed by atoms with Crippen molar-refractivity contribution < 1.29 is 14.2 Å². The number of aromatic amines is 1. The molecule has 2 aromatic rings. The molecule has 0 aliphatic heterocycles. The fraction of sp³-hybridized carbons (Fsp3) is 0.444. The summed E-state index contributed by atoms with van der Waals surface area (Å²) in [4.78, 5) is 19.5. The number of rotatable bonds is 9. The monoisotopic (exact) mass is 459 g/mol. The smallest absolute Gasteiger partial charge is 0.291 e. The van der Waals surface area contributed by atoms with Crippen LogP contribution >= 0.6 is 27.5 Å². The van der Waals surface area contributed by atoms with Gasteiger partial charge in [-0.25, -0.2) is 4.98 Å². The van der Waals surface area contributed by atoms with Crippen LogP contribution in [-0.4, -0.2) is 43.5 Å². The largest absolute Gasteiger partial charge is 0.495 e. The van der Waals surface area contributed by atoms with Crippen molar-refractivity contribution in [2.24, 2.45) is 0 Å². The third-order valence-electron chi connectivity index (χ3n) is 4.05. The lowest BCUT2D eigenvalue weighted by Crippen LogP contribution is -2.20. The van der Waals surface area contributed by atoms with Crippen LogP contribution in [0.3, 0.4) is 0 Å². The van der Waals surface area contributed by atoms with Gasteiger partial charge in [0.25, 0.3) is 5.56 Å². The van der Waals surface area contributed by atoms with E-state index in [0.717, 1.165) is 10.0 Å². The summed E-state index contributed by atoms with van der Waals surface area (Å²) in [6.45, 7) is 2.31. The van der Waals surface area contributed by atoms with Gasteiger partial charge in [-0.1, -0.05) is 27.5 Å². The van der Waals surface area contributed by atoms with Crippen LogP contribution in [0, 0.1) is 6.92 Å². The third kappa shape index (κ3) is 5.68. The fourth-order valence-electron chi connectivity index (χ4n) is 2.66. The summed E-state index contributed by atoms with van der Waals surface area (Å²) in [5.74, 6) is 0.630. The Hall–Kier alpha value is -1.61. The molecule has 1 aromatic carbocycles. The van der Waals surface area contributed by atoms with Crippen molar-refractivity contribution in [3.63, 3.8) is 0 Å². The molecule has 0 fully saturated rings. The van der Waals surface area contributed by atoms with Crippen LogP contribution in [0.4, 0.5) is 11.5 Å². The van der Waals surface area contributed by atoms with Crippen LogP contribution in [0.25, 0.3) is 0 Å². The number of ether oxygens (including phenoxy) is 3. The number of alkyl halides is 1. The lowest BCUT2D eigenvalue weighted by Gasteiger charge is -2.19. The zero-order valence-electron chi connectivity index (χ0n) is 15.6. The summed E-state index contributed by atoms with van der Waals surface area (Å²) in [7, 11) is 4.71. The first-order valence-electron chi connectivity index (χ1n) is 8.26. The molecule has 2 atom stereocenters. The Bertz CT molecular complexity index is 831. The third-order valence-corrected chi connectivity index (χ3v) is 4.86. The van der Waals surface area contributed by atoms with Crippen LogP contribution in [0.5, 0.6) is 5.75 Å². The predicted octanol–water partition coefficient (Wildman–Crippen LogP) is 3.92. The number of methoxy groups -OCH3 is 3. The maximum Gasteiger partial charge on any atom is 0.291 e. The standard InChI is InChI=1S/C18H23BrClN3O4/c1-10-5-12(19)7-14(26-3)16(10)23-17-18(24)21-8-13(22-17)11(9-25-2)6-15(20)27-4/h5,7-8,11,15H,6,9H2,1-4H3,(H,21,24)(H,22,23). The van der Waals surface area contributed by atoms with E-state index in [9.17, 15) is 4.79 Å². The zero-order chi connectivity index (χ0) is 20.0. The Morgan fingerprint density at radius 1 is 1.33 bits per heavy atom. The lowest BCUT2D eigenvalue weighted by atomic mass is 10.0. The summed E-state index contributed by atoms with van der Waals surface area (Å²) in [6.07, 6.45) is 2.06. The van der Waals surface area contributed by atoms with Crippen LogP contribution < -0.4 is 15.6 Å². The van der Waals surface area contributed by atoms with Crippen molar-refractivity contribution in [1.29, 1.82) is 0 Å². The van der Waals surface area contributed by atoms with Gasteiger partial charge in [0.15, 0.2) is 5.82 Å². The van der Waals surface area contributed by atoms with E-state index in [1.165, 1.54) is 7.11 Å². The molecule has 27 heavy (non-hydrogen) atoms. The second kappa shape index (κ2) is 10.1. The lowest BCUT2D eigenvalue weighted by molar-refractivity contribution is 0.123. The normalized spacial score (nSPS) is 13.3. The highest BCUT2D eigenvalue weighted by atomic mass is 79.9. The van der Waals surface area contributed by atoms with Crippen molar-refractivity contribution in [2.45, 2.75) is 24.8 Å². The van der Waals surface area contributed by atoms with Crippen LogP contribution in [0.15, 0.2) is 27.6 Å². The number of nitrogens with one attached hydrogen (secondary N) is 2. The average Bonchev–Trinajstić information content (AvgIpc) is 2.64. The first kappa shape index (κ1) is 21.7. The van der Waals surface area contributed by atoms with Crippen LogP contribution in [-0.2, 0) is 9.47 Å². The molecule has 7 nitrogen and oxygen atoms in total. The first-order chi connectivity index (χ1) is 12.9. The summed E-state index contributed by atoms with van der Waals surface area (Å²) < 4.78 is 16.7. The molecule has 1 heterocycles. The summed E-state index contributed by atoms with van der Waals surface area (Å²) in [6, 6.07) is 3.74. The Balaban J connectivity index is 2.39. The number of benzene rings is 1. The maximum absolute atomic E-state index is 12.3. The molecule has 2 unspecified atom stereocenters. The summed E-state index contributed by atoms with van der Waals surface area (Å²) in [5.41, 5.74) is 1.40. The number of aryl methyl sites for hydroxylation is 1. The summed E-state index contributed by atoms with van der Waals surface area (Å²) >= 11 is 9.54. The Kier molecular flexibility index (Phi) is 8.09. The molecule has 2 rings (SSSR count). The van der Waals surface area contributed by atoms with Gasteiger partial charge < -0.3 is 24.5 Å². The van der Waals surface area contributed by atoms with Crippen LogP contribution in [0.2, 0.25) is 0 Å². The topological polar surface area (TPSA) is 85.5 Å². The molecular weight excluding hydrogens is 438 g/mol. The van der Waals surface area contributed by atoms with E-state index in [0.29, 0.717) is 30.2 Å². The molecule has 0 saturated heterocycles. The van der Waals surface area contributed by atoms with E-state index >= 15 is 0 Å². The molecule has 0 amide bonds. The van der Waals surface area contributed by atoms with Gasteiger partial charge in [0.1, 0.15) is 11.3 Å². The second-order valence-corrected chi connectivity index (χ2v) is 7.36. The molecule has 0 aliphatic carbocycles. The minimum atomic E-state index is -0.482. The maximum atomic E-state index is 12.3. The molecular formula is C18H23BrClN3O4. The molecule has 1 aromatic heterocycles. The van der Waals surface area contributed by atoms with E-state index in [4.69, 9.17) is 25.8 Å². The number of nitrogens with zero attached hydrogens (tertiary/aromatic N) is 1. The van der Waals surface area contributed by atoms with E-state index in [2.05, 4.69) is 31.2 Å².